The highest BCUT2D eigenvalue weighted by Crippen LogP contribution is 2.49. The lowest BCUT2D eigenvalue weighted by molar-refractivity contribution is -0.138. The van der Waals surface area contributed by atoms with Crippen molar-refractivity contribution in [2.45, 2.75) is 24.4 Å². The second kappa shape index (κ2) is 7.76. The first-order valence-electron chi connectivity index (χ1n) is 9.47. The van der Waals surface area contributed by atoms with Crippen LogP contribution in [0.5, 0.6) is 0 Å². The van der Waals surface area contributed by atoms with Crippen LogP contribution in [0.3, 0.4) is 0 Å². The summed E-state index contributed by atoms with van der Waals surface area (Å²) in [5.74, 6) is 4.82. The number of amides is 1. The number of nitrogens with one attached hydrogen (secondary N) is 1. The smallest absolute Gasteiger partial charge is 0.369 e. The molecule has 1 aliphatic rings. The van der Waals surface area contributed by atoms with Crippen molar-refractivity contribution in [3.8, 4) is 11.8 Å². The molecule has 156 valence electrons. The molecule has 1 aliphatic carbocycles. The van der Waals surface area contributed by atoms with Crippen LogP contribution in [0, 0.1) is 11.8 Å². The fourth-order valence-corrected chi connectivity index (χ4v) is 3.30. The van der Waals surface area contributed by atoms with E-state index in [2.05, 4.69) is 27.1 Å². The lowest BCUT2D eigenvalue weighted by Crippen LogP contribution is -2.29. The normalized spacial score (nSPS) is 14.3. The molecule has 2 aromatic carbocycles. The number of anilines is 2. The van der Waals surface area contributed by atoms with Crippen LogP contribution in [-0.4, -0.2) is 15.9 Å². The van der Waals surface area contributed by atoms with Gasteiger partial charge in [0.05, 0.1) is 5.41 Å². The third-order valence-electron chi connectivity index (χ3n) is 5.10. The van der Waals surface area contributed by atoms with Crippen molar-refractivity contribution in [1.82, 2.24) is 9.97 Å². The van der Waals surface area contributed by atoms with Crippen molar-refractivity contribution in [2.75, 3.05) is 5.32 Å². The number of carbonyl (C=O) groups excluding carboxylic acids is 1. The molecule has 31 heavy (non-hydrogen) atoms. The number of benzene rings is 2. The Kier molecular flexibility index (Phi) is 5.11. The van der Waals surface area contributed by atoms with Crippen LogP contribution in [0.1, 0.15) is 35.2 Å². The average molecular weight is 422 g/mol. The molecule has 1 fully saturated rings. The van der Waals surface area contributed by atoms with E-state index in [0.717, 1.165) is 0 Å². The van der Waals surface area contributed by atoms with Crippen LogP contribution >= 0.6 is 0 Å². The summed E-state index contributed by atoms with van der Waals surface area (Å²) >= 11 is 0. The van der Waals surface area contributed by atoms with E-state index in [0.29, 0.717) is 35.9 Å². The minimum absolute atomic E-state index is 0.00687. The Balaban J connectivity index is 1.75. The van der Waals surface area contributed by atoms with Crippen molar-refractivity contribution in [3.05, 3.63) is 83.2 Å². The SMILES string of the molecule is NC(=O)C1(c2ccccc2C#Cc2nc(Nc3ccccc3)ncc2C(F)(F)F)CC1. The number of nitrogens with two attached hydrogens (primary N) is 1. The highest BCUT2D eigenvalue weighted by atomic mass is 19.4. The van der Waals surface area contributed by atoms with E-state index >= 15 is 0 Å². The number of hydrogen-bond acceptors (Lipinski definition) is 4. The molecule has 0 atom stereocenters. The topological polar surface area (TPSA) is 80.9 Å². The van der Waals surface area contributed by atoms with Crippen LogP contribution in [0.15, 0.2) is 60.8 Å². The minimum Gasteiger partial charge on any atom is -0.369 e. The molecule has 1 heterocycles. The van der Waals surface area contributed by atoms with Gasteiger partial charge in [0.2, 0.25) is 11.9 Å². The van der Waals surface area contributed by atoms with E-state index in [1.165, 1.54) is 0 Å². The third kappa shape index (κ3) is 4.21. The standard InChI is InChI=1S/C23H17F3N4O/c24-23(25,26)18-14-28-21(29-16-7-2-1-3-8-16)30-19(18)11-10-15-6-4-5-9-17(15)22(12-13-22)20(27)31/h1-9,14H,12-13H2,(H2,27,31)(H,28,29,30). The molecule has 0 spiro atoms. The first-order chi connectivity index (χ1) is 14.8. The Morgan fingerprint density at radius 1 is 1.03 bits per heavy atom. The second-order valence-electron chi connectivity index (χ2n) is 7.19. The quantitative estimate of drug-likeness (QED) is 0.619. The van der Waals surface area contributed by atoms with Crippen molar-refractivity contribution >= 4 is 17.5 Å². The Morgan fingerprint density at radius 3 is 2.35 bits per heavy atom. The zero-order valence-corrected chi connectivity index (χ0v) is 16.2. The van der Waals surface area contributed by atoms with Gasteiger partial charge < -0.3 is 11.1 Å². The lowest BCUT2D eigenvalue weighted by atomic mass is 9.91. The Hall–Kier alpha value is -3.86. The summed E-state index contributed by atoms with van der Waals surface area (Å²) < 4.78 is 40.5. The molecule has 0 unspecified atom stereocenters. The van der Waals surface area contributed by atoms with Gasteiger partial charge in [0.15, 0.2) is 0 Å². The summed E-state index contributed by atoms with van der Waals surface area (Å²) in [4.78, 5) is 19.7. The third-order valence-corrected chi connectivity index (χ3v) is 5.10. The largest absolute Gasteiger partial charge is 0.420 e. The van der Waals surface area contributed by atoms with E-state index < -0.39 is 28.8 Å². The number of hydrogen-bond donors (Lipinski definition) is 2. The zero-order chi connectivity index (χ0) is 22.1. The molecule has 5 nitrogen and oxygen atoms in total. The van der Waals surface area contributed by atoms with Crippen LogP contribution in [0.4, 0.5) is 24.8 Å². The van der Waals surface area contributed by atoms with Gasteiger partial charge in [-0.1, -0.05) is 42.3 Å². The number of carbonyl (C=O) groups is 1. The van der Waals surface area contributed by atoms with Gasteiger partial charge >= 0.3 is 6.18 Å². The molecule has 0 bridgehead atoms. The van der Waals surface area contributed by atoms with Crippen LogP contribution in [0.25, 0.3) is 0 Å². The van der Waals surface area contributed by atoms with Crippen molar-refractivity contribution in [1.29, 1.82) is 0 Å². The highest BCUT2D eigenvalue weighted by molar-refractivity contribution is 5.90. The maximum Gasteiger partial charge on any atom is 0.420 e. The van der Waals surface area contributed by atoms with Crippen molar-refractivity contribution < 1.29 is 18.0 Å². The Bertz CT molecular complexity index is 1190. The monoisotopic (exact) mass is 422 g/mol. The number of alkyl halides is 3. The Labute approximate surface area is 176 Å². The van der Waals surface area contributed by atoms with Crippen LogP contribution < -0.4 is 11.1 Å². The average Bonchev–Trinajstić information content (AvgIpc) is 3.55. The van der Waals surface area contributed by atoms with Crippen LogP contribution in [-0.2, 0) is 16.4 Å². The molecule has 1 saturated carbocycles. The number of rotatable bonds is 4. The summed E-state index contributed by atoms with van der Waals surface area (Å²) in [6.45, 7) is 0. The Morgan fingerprint density at radius 2 is 1.71 bits per heavy atom. The molecule has 3 N–H and O–H groups in total. The first-order valence-corrected chi connectivity index (χ1v) is 9.47. The van der Waals surface area contributed by atoms with Gasteiger partial charge in [-0.15, -0.1) is 0 Å². The molecular weight excluding hydrogens is 405 g/mol. The number of primary amides is 1. The molecule has 3 aromatic rings. The maximum atomic E-state index is 13.5. The highest BCUT2D eigenvalue weighted by Gasteiger charge is 2.51. The molecular formula is C23H17F3N4O. The van der Waals surface area contributed by atoms with Crippen LogP contribution in [0.2, 0.25) is 0 Å². The van der Waals surface area contributed by atoms with E-state index in [1.807, 2.05) is 6.07 Å². The van der Waals surface area contributed by atoms with Gasteiger partial charge in [0, 0.05) is 17.4 Å². The summed E-state index contributed by atoms with van der Waals surface area (Å²) in [5.41, 5.74) is 4.96. The lowest BCUT2D eigenvalue weighted by Gasteiger charge is -2.13. The van der Waals surface area contributed by atoms with E-state index in [1.54, 1.807) is 48.5 Å². The molecule has 0 saturated heterocycles. The predicted octanol–water partition coefficient (Wildman–Crippen LogP) is 4.16. The number of nitrogens with zero attached hydrogens (tertiary/aromatic N) is 2. The summed E-state index contributed by atoms with van der Waals surface area (Å²) in [6.07, 6.45) is -2.78. The maximum absolute atomic E-state index is 13.5. The minimum atomic E-state index is -4.67. The summed E-state index contributed by atoms with van der Waals surface area (Å²) in [7, 11) is 0. The fraction of sp³-hybridized carbons (Fsp3) is 0.174. The zero-order valence-electron chi connectivity index (χ0n) is 16.2. The van der Waals surface area contributed by atoms with E-state index in [9.17, 15) is 18.0 Å². The van der Waals surface area contributed by atoms with Gasteiger partial charge in [0.1, 0.15) is 11.3 Å². The molecule has 0 aliphatic heterocycles. The van der Waals surface area contributed by atoms with Gasteiger partial charge in [-0.3, -0.25) is 4.79 Å². The van der Waals surface area contributed by atoms with Gasteiger partial charge in [-0.2, -0.15) is 13.2 Å². The number of para-hydroxylation sites is 1. The molecule has 1 aromatic heterocycles. The molecule has 8 heteroatoms. The van der Waals surface area contributed by atoms with E-state index in [-0.39, 0.29) is 5.95 Å². The summed E-state index contributed by atoms with van der Waals surface area (Å²) in [5, 5.41) is 2.86. The fourth-order valence-electron chi connectivity index (χ4n) is 3.30. The molecule has 1 amide bonds. The summed E-state index contributed by atoms with van der Waals surface area (Å²) in [6, 6.07) is 15.7. The second-order valence-corrected chi connectivity index (χ2v) is 7.19. The predicted molar refractivity (Wildman–Crippen MR) is 109 cm³/mol. The molecule has 4 rings (SSSR count). The van der Waals surface area contributed by atoms with Gasteiger partial charge in [0.25, 0.3) is 0 Å². The van der Waals surface area contributed by atoms with Gasteiger partial charge in [-0.05, 0) is 42.5 Å². The van der Waals surface area contributed by atoms with E-state index in [4.69, 9.17) is 5.73 Å². The number of aromatic nitrogens is 2. The van der Waals surface area contributed by atoms with Gasteiger partial charge in [-0.25, -0.2) is 9.97 Å². The molecule has 0 radical (unpaired) electrons. The van der Waals surface area contributed by atoms with Crippen molar-refractivity contribution in [2.24, 2.45) is 5.73 Å². The first kappa shape index (κ1) is 20.4. The van der Waals surface area contributed by atoms with Crippen molar-refractivity contribution in [3.63, 3.8) is 0 Å². The number of halogens is 3.